The van der Waals surface area contributed by atoms with E-state index in [1.54, 1.807) is 23.0 Å². The first kappa shape index (κ1) is 15.0. The van der Waals surface area contributed by atoms with Crippen molar-refractivity contribution >= 4 is 34.6 Å². The van der Waals surface area contributed by atoms with E-state index in [0.29, 0.717) is 17.8 Å². The van der Waals surface area contributed by atoms with Crippen molar-refractivity contribution in [1.29, 1.82) is 0 Å². The van der Waals surface area contributed by atoms with Crippen molar-refractivity contribution in [2.45, 2.75) is 25.3 Å². The molecule has 1 saturated carbocycles. The standard InChI is InChI=1S/C16H13ClN4O3/c17-10-5-4-9(8-12(10)21(23)24)16-15-11(2-1-3-13(15)22)19-14-6-7-18-20(14)16/h4-8,15-16H,1-3H2. The number of benzene rings is 1. The molecule has 7 nitrogen and oxygen atoms in total. The van der Waals surface area contributed by atoms with Gasteiger partial charge in [0.05, 0.1) is 23.1 Å². The molecule has 0 bridgehead atoms. The van der Waals surface area contributed by atoms with E-state index in [1.165, 1.54) is 12.1 Å². The molecule has 0 spiro atoms. The van der Waals surface area contributed by atoms with Crippen molar-refractivity contribution in [3.63, 3.8) is 0 Å². The van der Waals surface area contributed by atoms with Crippen molar-refractivity contribution in [2.24, 2.45) is 10.9 Å². The summed E-state index contributed by atoms with van der Waals surface area (Å²) in [6.07, 6.45) is 3.66. The molecule has 0 N–H and O–H groups in total. The number of hydrogen-bond donors (Lipinski definition) is 0. The summed E-state index contributed by atoms with van der Waals surface area (Å²) in [5.74, 6) is 0.342. The van der Waals surface area contributed by atoms with Crippen LogP contribution in [0.4, 0.5) is 11.5 Å². The van der Waals surface area contributed by atoms with Gasteiger partial charge in [-0.25, -0.2) is 9.67 Å². The zero-order valence-electron chi connectivity index (χ0n) is 12.6. The summed E-state index contributed by atoms with van der Waals surface area (Å²) in [5.41, 5.74) is 1.31. The van der Waals surface area contributed by atoms with Gasteiger partial charge in [0.25, 0.3) is 5.69 Å². The predicted molar refractivity (Wildman–Crippen MR) is 87.9 cm³/mol. The van der Waals surface area contributed by atoms with Crippen LogP contribution in [0.15, 0.2) is 35.5 Å². The lowest BCUT2D eigenvalue weighted by molar-refractivity contribution is -0.384. The highest BCUT2D eigenvalue weighted by Gasteiger charge is 2.41. The molecule has 2 atom stereocenters. The molecule has 2 heterocycles. The van der Waals surface area contributed by atoms with E-state index in [9.17, 15) is 14.9 Å². The SMILES string of the molecule is O=C1CCCC2=Nc3ccnn3C(c3ccc(Cl)c([N+](=O)[O-])c3)C12. The number of ketones is 1. The normalized spacial score (nSPS) is 22.5. The fourth-order valence-corrected chi connectivity index (χ4v) is 3.70. The molecule has 1 aromatic carbocycles. The summed E-state index contributed by atoms with van der Waals surface area (Å²) in [6, 6.07) is 6.00. The van der Waals surface area contributed by atoms with Gasteiger partial charge in [-0.15, -0.1) is 0 Å². The second kappa shape index (κ2) is 5.52. The smallest absolute Gasteiger partial charge is 0.288 e. The van der Waals surface area contributed by atoms with Crippen LogP contribution in [0.5, 0.6) is 0 Å². The number of rotatable bonds is 2. The Morgan fingerprint density at radius 3 is 2.92 bits per heavy atom. The van der Waals surface area contributed by atoms with Gasteiger partial charge in [-0.05, 0) is 24.5 Å². The van der Waals surface area contributed by atoms with Gasteiger partial charge in [-0.3, -0.25) is 14.9 Å². The minimum absolute atomic E-state index is 0.0732. The molecule has 122 valence electrons. The van der Waals surface area contributed by atoms with Gasteiger partial charge in [0.2, 0.25) is 0 Å². The van der Waals surface area contributed by atoms with E-state index in [-0.39, 0.29) is 16.5 Å². The number of carbonyl (C=O) groups is 1. The van der Waals surface area contributed by atoms with Crippen LogP contribution >= 0.6 is 11.6 Å². The molecule has 4 rings (SSSR count). The monoisotopic (exact) mass is 344 g/mol. The number of aromatic nitrogens is 2. The molecule has 1 aliphatic carbocycles. The Kier molecular flexibility index (Phi) is 3.45. The maximum absolute atomic E-state index is 12.5. The number of halogens is 1. The van der Waals surface area contributed by atoms with Crippen molar-refractivity contribution in [2.75, 3.05) is 0 Å². The minimum atomic E-state index is -0.518. The van der Waals surface area contributed by atoms with Gasteiger partial charge < -0.3 is 0 Å². The summed E-state index contributed by atoms with van der Waals surface area (Å²) in [6.45, 7) is 0. The summed E-state index contributed by atoms with van der Waals surface area (Å²) in [5, 5.41) is 15.6. The fourth-order valence-electron chi connectivity index (χ4n) is 3.51. The van der Waals surface area contributed by atoms with Crippen molar-refractivity contribution < 1.29 is 9.72 Å². The highest BCUT2D eigenvalue weighted by Crippen LogP contribution is 2.41. The van der Waals surface area contributed by atoms with E-state index in [0.717, 1.165) is 18.6 Å². The van der Waals surface area contributed by atoms with Crippen LogP contribution in [0.2, 0.25) is 5.02 Å². The number of fused-ring (bicyclic) bond motifs is 2. The molecular weight excluding hydrogens is 332 g/mol. The molecule has 0 radical (unpaired) electrons. The summed E-state index contributed by atoms with van der Waals surface area (Å²) >= 11 is 5.92. The lowest BCUT2D eigenvalue weighted by Gasteiger charge is -2.34. The van der Waals surface area contributed by atoms with Crippen LogP contribution in [-0.4, -0.2) is 26.2 Å². The maximum Gasteiger partial charge on any atom is 0.288 e. The Bertz CT molecular complexity index is 889. The van der Waals surface area contributed by atoms with E-state index < -0.39 is 16.9 Å². The van der Waals surface area contributed by atoms with Crippen molar-refractivity contribution in [1.82, 2.24) is 9.78 Å². The Morgan fingerprint density at radius 1 is 1.29 bits per heavy atom. The minimum Gasteiger partial charge on any atom is -0.299 e. The van der Waals surface area contributed by atoms with Crippen LogP contribution in [0.25, 0.3) is 0 Å². The average molecular weight is 345 g/mol. The molecule has 24 heavy (non-hydrogen) atoms. The second-order valence-corrected chi connectivity index (χ2v) is 6.35. The Morgan fingerprint density at radius 2 is 2.12 bits per heavy atom. The van der Waals surface area contributed by atoms with E-state index in [2.05, 4.69) is 10.1 Å². The third-order valence-electron chi connectivity index (χ3n) is 4.56. The molecule has 2 aliphatic rings. The molecule has 1 aliphatic heterocycles. The lowest BCUT2D eigenvalue weighted by atomic mass is 9.77. The van der Waals surface area contributed by atoms with Crippen molar-refractivity contribution in [3.8, 4) is 0 Å². The zero-order chi connectivity index (χ0) is 16.8. The number of nitro benzene ring substituents is 1. The molecule has 2 unspecified atom stereocenters. The van der Waals surface area contributed by atoms with E-state index >= 15 is 0 Å². The molecule has 1 fully saturated rings. The zero-order valence-corrected chi connectivity index (χ0v) is 13.3. The molecule has 0 amide bonds. The van der Waals surface area contributed by atoms with Gasteiger partial charge in [0.1, 0.15) is 10.8 Å². The predicted octanol–water partition coefficient (Wildman–Crippen LogP) is 3.49. The maximum atomic E-state index is 12.5. The molecule has 0 saturated heterocycles. The van der Waals surface area contributed by atoms with Crippen LogP contribution in [-0.2, 0) is 4.79 Å². The fraction of sp³-hybridized carbons (Fsp3) is 0.312. The van der Waals surface area contributed by atoms with Crippen LogP contribution in [0.1, 0.15) is 30.9 Å². The van der Waals surface area contributed by atoms with Crippen LogP contribution in [0, 0.1) is 16.0 Å². The molecule has 8 heteroatoms. The molecule has 2 aromatic rings. The summed E-state index contributed by atoms with van der Waals surface area (Å²) < 4.78 is 1.67. The first-order valence-corrected chi connectivity index (χ1v) is 8.01. The Hall–Kier alpha value is -2.54. The second-order valence-electron chi connectivity index (χ2n) is 5.95. The number of hydrogen-bond acceptors (Lipinski definition) is 5. The van der Waals surface area contributed by atoms with Gasteiger partial charge >= 0.3 is 0 Å². The number of Topliss-reactive ketones (excluding diaryl/α,β-unsaturated/α-hetero) is 1. The third-order valence-corrected chi connectivity index (χ3v) is 4.88. The highest BCUT2D eigenvalue weighted by atomic mass is 35.5. The number of aliphatic imine (C=N–C) groups is 1. The third kappa shape index (κ3) is 2.24. The van der Waals surface area contributed by atoms with Gasteiger partial charge in [-0.1, -0.05) is 17.7 Å². The van der Waals surface area contributed by atoms with Gasteiger partial charge in [-0.2, -0.15) is 5.10 Å². The van der Waals surface area contributed by atoms with Crippen molar-refractivity contribution in [3.05, 3.63) is 51.2 Å². The largest absolute Gasteiger partial charge is 0.299 e. The van der Waals surface area contributed by atoms with E-state index in [4.69, 9.17) is 11.6 Å². The Labute approximate surface area is 142 Å². The van der Waals surface area contributed by atoms with Gasteiger partial charge in [0, 0.05) is 24.3 Å². The average Bonchev–Trinajstić information content (AvgIpc) is 3.01. The lowest BCUT2D eigenvalue weighted by Crippen LogP contribution is -2.39. The quantitative estimate of drug-likeness (QED) is 0.616. The first-order chi connectivity index (χ1) is 11.6. The first-order valence-electron chi connectivity index (χ1n) is 7.64. The summed E-state index contributed by atoms with van der Waals surface area (Å²) in [7, 11) is 0. The number of carbonyl (C=O) groups excluding carboxylic acids is 1. The summed E-state index contributed by atoms with van der Waals surface area (Å²) in [4.78, 5) is 27.8. The van der Waals surface area contributed by atoms with E-state index in [1.807, 2.05) is 0 Å². The van der Waals surface area contributed by atoms with Crippen LogP contribution < -0.4 is 0 Å². The number of nitrogens with zero attached hydrogens (tertiary/aromatic N) is 4. The Balaban J connectivity index is 1.89. The molecular formula is C16H13ClN4O3. The van der Waals surface area contributed by atoms with Gasteiger partial charge in [0.15, 0.2) is 5.82 Å². The molecule has 1 aromatic heterocycles. The topological polar surface area (TPSA) is 90.4 Å². The number of nitro groups is 1. The highest BCUT2D eigenvalue weighted by molar-refractivity contribution is 6.32. The van der Waals surface area contributed by atoms with Crippen LogP contribution in [0.3, 0.4) is 0 Å².